The van der Waals surface area contributed by atoms with E-state index in [1.165, 1.54) is 0 Å². The molecule has 0 spiro atoms. The highest BCUT2D eigenvalue weighted by Gasteiger charge is 2.16. The van der Waals surface area contributed by atoms with Crippen molar-refractivity contribution < 1.29 is 4.52 Å². The SMILES string of the molecule is CCNCc1noc(-c2nn(C)c3ccccc23)n1. The Morgan fingerprint density at radius 2 is 2.16 bits per heavy atom. The van der Waals surface area contributed by atoms with Gasteiger partial charge in [-0.2, -0.15) is 10.1 Å². The number of aryl methyl sites for hydroxylation is 1. The maximum atomic E-state index is 5.29. The zero-order valence-corrected chi connectivity index (χ0v) is 10.9. The fraction of sp³-hybridized carbons (Fsp3) is 0.308. The molecule has 0 radical (unpaired) electrons. The average Bonchev–Trinajstić information content (AvgIpc) is 3.02. The molecule has 0 atom stereocenters. The van der Waals surface area contributed by atoms with Gasteiger partial charge in [-0.25, -0.2) is 0 Å². The van der Waals surface area contributed by atoms with Crippen molar-refractivity contribution in [3.8, 4) is 11.6 Å². The van der Waals surface area contributed by atoms with Gasteiger partial charge in [-0.3, -0.25) is 4.68 Å². The number of para-hydroxylation sites is 1. The van der Waals surface area contributed by atoms with Crippen LogP contribution in [0, 0.1) is 0 Å². The van der Waals surface area contributed by atoms with Crippen LogP contribution in [0.5, 0.6) is 0 Å². The zero-order chi connectivity index (χ0) is 13.2. The summed E-state index contributed by atoms with van der Waals surface area (Å²) in [6.07, 6.45) is 0. The van der Waals surface area contributed by atoms with Gasteiger partial charge in [0.05, 0.1) is 12.1 Å². The molecular weight excluding hydrogens is 242 g/mol. The van der Waals surface area contributed by atoms with Crippen LogP contribution in [0.1, 0.15) is 12.7 Å². The topological polar surface area (TPSA) is 68.8 Å². The summed E-state index contributed by atoms with van der Waals surface area (Å²) in [4.78, 5) is 4.37. The molecule has 0 aliphatic rings. The normalized spacial score (nSPS) is 11.3. The number of benzene rings is 1. The molecule has 6 nitrogen and oxygen atoms in total. The van der Waals surface area contributed by atoms with Crippen molar-refractivity contribution in [3.05, 3.63) is 30.1 Å². The fourth-order valence-electron chi connectivity index (χ4n) is 2.03. The van der Waals surface area contributed by atoms with Crippen molar-refractivity contribution in [2.45, 2.75) is 13.5 Å². The minimum absolute atomic E-state index is 0.463. The van der Waals surface area contributed by atoms with Gasteiger partial charge in [-0.05, 0) is 12.6 Å². The molecule has 6 heteroatoms. The van der Waals surface area contributed by atoms with E-state index in [2.05, 4.69) is 20.6 Å². The molecule has 3 aromatic rings. The Kier molecular flexibility index (Phi) is 3.00. The highest BCUT2D eigenvalue weighted by Crippen LogP contribution is 2.25. The lowest BCUT2D eigenvalue weighted by molar-refractivity contribution is 0.418. The molecule has 3 rings (SSSR count). The van der Waals surface area contributed by atoms with E-state index in [-0.39, 0.29) is 0 Å². The molecule has 0 unspecified atom stereocenters. The molecule has 2 heterocycles. The fourth-order valence-corrected chi connectivity index (χ4v) is 2.03. The predicted octanol–water partition coefficient (Wildman–Crippen LogP) is 1.73. The first-order chi connectivity index (χ1) is 9.29. The van der Waals surface area contributed by atoms with Gasteiger partial charge >= 0.3 is 0 Å². The molecule has 2 aromatic heterocycles. The minimum atomic E-state index is 0.463. The standard InChI is InChI=1S/C13H15N5O/c1-3-14-8-11-15-13(19-17-11)12-9-6-4-5-7-10(9)18(2)16-12/h4-7,14H,3,8H2,1-2H3. The van der Waals surface area contributed by atoms with Crippen LogP contribution in [0.25, 0.3) is 22.5 Å². The molecule has 0 aliphatic heterocycles. The monoisotopic (exact) mass is 257 g/mol. The van der Waals surface area contributed by atoms with Gasteiger partial charge in [0, 0.05) is 12.4 Å². The Balaban J connectivity index is 2.02. The maximum Gasteiger partial charge on any atom is 0.279 e. The van der Waals surface area contributed by atoms with Gasteiger partial charge in [0.25, 0.3) is 5.89 Å². The van der Waals surface area contributed by atoms with Crippen molar-refractivity contribution in [1.29, 1.82) is 0 Å². The highest BCUT2D eigenvalue weighted by atomic mass is 16.5. The largest absolute Gasteiger partial charge is 0.332 e. The third-order valence-electron chi connectivity index (χ3n) is 2.96. The molecule has 98 valence electrons. The first kappa shape index (κ1) is 11.9. The summed E-state index contributed by atoms with van der Waals surface area (Å²) >= 11 is 0. The molecule has 1 aromatic carbocycles. The molecule has 0 saturated heterocycles. The van der Waals surface area contributed by atoms with E-state index in [9.17, 15) is 0 Å². The van der Waals surface area contributed by atoms with Crippen molar-refractivity contribution in [2.24, 2.45) is 7.05 Å². The van der Waals surface area contributed by atoms with Crippen molar-refractivity contribution in [3.63, 3.8) is 0 Å². The summed E-state index contributed by atoms with van der Waals surface area (Å²) in [5.41, 5.74) is 1.78. The zero-order valence-electron chi connectivity index (χ0n) is 10.9. The van der Waals surface area contributed by atoms with Crippen LogP contribution in [0.15, 0.2) is 28.8 Å². The van der Waals surface area contributed by atoms with Crippen molar-refractivity contribution >= 4 is 10.9 Å². The molecule has 0 bridgehead atoms. The minimum Gasteiger partial charge on any atom is -0.332 e. The Labute approximate surface area is 110 Å². The summed E-state index contributed by atoms with van der Waals surface area (Å²) in [6.45, 7) is 3.51. The van der Waals surface area contributed by atoms with Gasteiger partial charge in [0.1, 0.15) is 0 Å². The molecule has 0 fully saturated rings. The van der Waals surface area contributed by atoms with Gasteiger partial charge in [-0.1, -0.05) is 30.3 Å². The Bertz CT molecular complexity index is 700. The average molecular weight is 257 g/mol. The second-order valence-corrected chi connectivity index (χ2v) is 4.29. The molecular formula is C13H15N5O. The van der Waals surface area contributed by atoms with Crippen LogP contribution in [0.4, 0.5) is 0 Å². The van der Waals surface area contributed by atoms with Crippen LogP contribution >= 0.6 is 0 Å². The number of aromatic nitrogens is 4. The lowest BCUT2D eigenvalue weighted by Gasteiger charge is -1.92. The Hall–Kier alpha value is -2.21. The predicted molar refractivity (Wildman–Crippen MR) is 71.4 cm³/mol. The van der Waals surface area contributed by atoms with E-state index in [4.69, 9.17) is 4.52 Å². The number of nitrogens with one attached hydrogen (secondary N) is 1. The van der Waals surface area contributed by atoms with Crippen molar-refractivity contribution in [2.75, 3.05) is 6.54 Å². The van der Waals surface area contributed by atoms with Gasteiger partial charge in [0.15, 0.2) is 11.5 Å². The van der Waals surface area contributed by atoms with Crippen molar-refractivity contribution in [1.82, 2.24) is 25.2 Å². The van der Waals surface area contributed by atoms with Gasteiger partial charge < -0.3 is 9.84 Å². The first-order valence-electron chi connectivity index (χ1n) is 6.25. The van der Waals surface area contributed by atoms with Crippen LogP contribution < -0.4 is 5.32 Å². The third kappa shape index (κ3) is 2.10. The van der Waals surface area contributed by atoms with Gasteiger partial charge in [0.2, 0.25) is 0 Å². The number of rotatable bonds is 4. The van der Waals surface area contributed by atoms with E-state index in [0.717, 1.165) is 23.1 Å². The lowest BCUT2D eigenvalue weighted by Crippen LogP contribution is -2.12. The smallest absolute Gasteiger partial charge is 0.279 e. The molecule has 1 N–H and O–H groups in total. The lowest BCUT2D eigenvalue weighted by atomic mass is 10.2. The third-order valence-corrected chi connectivity index (χ3v) is 2.96. The number of hydrogen-bond acceptors (Lipinski definition) is 5. The second kappa shape index (κ2) is 4.81. The van der Waals surface area contributed by atoms with Crippen LogP contribution in [0.2, 0.25) is 0 Å². The summed E-state index contributed by atoms with van der Waals surface area (Å²) in [6, 6.07) is 7.98. The molecule has 19 heavy (non-hydrogen) atoms. The van der Waals surface area contributed by atoms with Gasteiger partial charge in [-0.15, -0.1) is 0 Å². The van der Waals surface area contributed by atoms with Crippen LogP contribution in [-0.4, -0.2) is 26.5 Å². The molecule has 0 aliphatic carbocycles. The van der Waals surface area contributed by atoms with E-state index in [1.807, 2.05) is 42.9 Å². The van der Waals surface area contributed by atoms with E-state index in [0.29, 0.717) is 18.3 Å². The summed E-state index contributed by atoms with van der Waals surface area (Å²) in [5, 5.41) is 12.6. The number of fused-ring (bicyclic) bond motifs is 1. The summed E-state index contributed by atoms with van der Waals surface area (Å²) in [5.74, 6) is 1.11. The highest BCUT2D eigenvalue weighted by molar-refractivity contribution is 5.91. The Morgan fingerprint density at radius 3 is 3.00 bits per heavy atom. The number of nitrogens with zero attached hydrogens (tertiary/aromatic N) is 4. The van der Waals surface area contributed by atoms with E-state index >= 15 is 0 Å². The first-order valence-corrected chi connectivity index (χ1v) is 6.25. The summed E-state index contributed by atoms with van der Waals surface area (Å²) < 4.78 is 7.11. The summed E-state index contributed by atoms with van der Waals surface area (Å²) in [7, 11) is 1.90. The van der Waals surface area contributed by atoms with Crippen LogP contribution in [-0.2, 0) is 13.6 Å². The van der Waals surface area contributed by atoms with E-state index in [1.54, 1.807) is 0 Å². The maximum absolute atomic E-state index is 5.29. The second-order valence-electron chi connectivity index (χ2n) is 4.29. The van der Waals surface area contributed by atoms with Crippen LogP contribution in [0.3, 0.4) is 0 Å². The van der Waals surface area contributed by atoms with E-state index < -0.39 is 0 Å². The quantitative estimate of drug-likeness (QED) is 0.771. The molecule has 0 amide bonds. The number of hydrogen-bond donors (Lipinski definition) is 1. The Morgan fingerprint density at radius 1 is 1.32 bits per heavy atom. The molecule has 0 saturated carbocycles.